The first-order chi connectivity index (χ1) is 14.0. The average molecular weight is 397 g/mol. The van der Waals surface area contributed by atoms with Crippen LogP contribution in [0.4, 0.5) is 15.8 Å². The van der Waals surface area contributed by atoms with Crippen LogP contribution in [-0.2, 0) is 9.59 Å². The van der Waals surface area contributed by atoms with Gasteiger partial charge in [0.2, 0.25) is 11.8 Å². The number of nitrogens with one attached hydrogen (secondary N) is 2. The van der Waals surface area contributed by atoms with Gasteiger partial charge in [0.1, 0.15) is 5.82 Å². The molecule has 7 heteroatoms. The molecule has 2 N–H and O–H groups in total. The van der Waals surface area contributed by atoms with Crippen LogP contribution in [-0.4, -0.2) is 30.8 Å². The number of nitrogens with zero attached hydrogens (tertiary/aromatic N) is 1. The van der Waals surface area contributed by atoms with Gasteiger partial charge < -0.3 is 15.5 Å². The molecule has 2 aromatic carbocycles. The van der Waals surface area contributed by atoms with Gasteiger partial charge in [-0.2, -0.15) is 0 Å². The largest absolute Gasteiger partial charge is 0.352 e. The Kier molecular flexibility index (Phi) is 6.59. The van der Waals surface area contributed by atoms with Gasteiger partial charge in [0.05, 0.1) is 17.2 Å². The van der Waals surface area contributed by atoms with E-state index < -0.39 is 5.92 Å². The molecule has 3 rings (SSSR count). The third-order valence-electron chi connectivity index (χ3n) is 4.88. The van der Waals surface area contributed by atoms with E-state index >= 15 is 0 Å². The lowest BCUT2D eigenvalue weighted by Crippen LogP contribution is -2.29. The van der Waals surface area contributed by atoms with E-state index in [1.807, 2.05) is 6.92 Å². The summed E-state index contributed by atoms with van der Waals surface area (Å²) in [5, 5.41) is 5.63. The third kappa shape index (κ3) is 4.99. The van der Waals surface area contributed by atoms with E-state index in [1.54, 1.807) is 24.3 Å². The third-order valence-corrected chi connectivity index (χ3v) is 4.88. The number of para-hydroxylation sites is 1. The molecule has 6 nitrogen and oxygen atoms in total. The quantitative estimate of drug-likeness (QED) is 0.704. The molecule has 1 fully saturated rings. The van der Waals surface area contributed by atoms with Crippen molar-refractivity contribution in [1.82, 2.24) is 5.32 Å². The maximum atomic E-state index is 13.1. The Morgan fingerprint density at radius 3 is 2.59 bits per heavy atom. The fraction of sp³-hybridized carbons (Fsp3) is 0.318. The van der Waals surface area contributed by atoms with Gasteiger partial charge in [-0.15, -0.1) is 0 Å². The molecule has 0 radical (unpaired) electrons. The SMILES string of the molecule is CCCCNC(=O)c1ccccc1NC(=O)[C@@H]1CC(=O)N(c2ccc(F)cc2)C1. The summed E-state index contributed by atoms with van der Waals surface area (Å²) in [4.78, 5) is 39.0. The smallest absolute Gasteiger partial charge is 0.253 e. The molecule has 1 atom stereocenters. The minimum Gasteiger partial charge on any atom is -0.352 e. The summed E-state index contributed by atoms with van der Waals surface area (Å²) in [7, 11) is 0. The van der Waals surface area contributed by atoms with Crippen molar-refractivity contribution in [3.05, 3.63) is 59.9 Å². The molecule has 0 aromatic heterocycles. The number of halogens is 1. The Hall–Kier alpha value is -3.22. The molecule has 0 unspecified atom stereocenters. The average Bonchev–Trinajstić information content (AvgIpc) is 3.11. The van der Waals surface area contributed by atoms with E-state index in [0.717, 1.165) is 12.8 Å². The van der Waals surface area contributed by atoms with Crippen LogP contribution in [0, 0.1) is 11.7 Å². The van der Waals surface area contributed by atoms with Gasteiger partial charge in [-0.3, -0.25) is 14.4 Å². The van der Waals surface area contributed by atoms with Crippen molar-refractivity contribution in [2.24, 2.45) is 5.92 Å². The molecule has 1 aliphatic rings. The Labute approximate surface area is 169 Å². The zero-order valence-electron chi connectivity index (χ0n) is 16.3. The minimum absolute atomic E-state index is 0.0636. The number of anilines is 2. The molecule has 29 heavy (non-hydrogen) atoms. The van der Waals surface area contributed by atoms with Crippen molar-refractivity contribution < 1.29 is 18.8 Å². The molecule has 1 aliphatic heterocycles. The minimum atomic E-state index is -0.552. The second-order valence-electron chi connectivity index (χ2n) is 7.03. The van der Waals surface area contributed by atoms with Crippen LogP contribution in [0.25, 0.3) is 0 Å². The molecule has 0 spiro atoms. The van der Waals surface area contributed by atoms with Gasteiger partial charge in [0, 0.05) is 25.2 Å². The van der Waals surface area contributed by atoms with Gasteiger partial charge in [-0.1, -0.05) is 25.5 Å². The van der Waals surface area contributed by atoms with Gasteiger partial charge >= 0.3 is 0 Å². The van der Waals surface area contributed by atoms with Crippen molar-refractivity contribution in [3.8, 4) is 0 Å². The molecule has 1 heterocycles. The van der Waals surface area contributed by atoms with Gasteiger partial charge in [-0.25, -0.2) is 4.39 Å². The van der Waals surface area contributed by atoms with Crippen molar-refractivity contribution >= 4 is 29.1 Å². The number of hydrogen-bond donors (Lipinski definition) is 2. The van der Waals surface area contributed by atoms with E-state index in [-0.39, 0.29) is 36.5 Å². The number of unbranched alkanes of at least 4 members (excludes halogenated alkanes) is 1. The second-order valence-corrected chi connectivity index (χ2v) is 7.03. The molecule has 152 valence electrons. The Bertz CT molecular complexity index is 898. The van der Waals surface area contributed by atoms with Crippen LogP contribution in [0.3, 0.4) is 0 Å². The van der Waals surface area contributed by atoms with E-state index in [4.69, 9.17) is 0 Å². The molecule has 2 aromatic rings. The van der Waals surface area contributed by atoms with Gasteiger partial charge in [-0.05, 0) is 42.8 Å². The van der Waals surface area contributed by atoms with Crippen LogP contribution >= 0.6 is 0 Å². The lowest BCUT2D eigenvalue weighted by molar-refractivity contribution is -0.122. The fourth-order valence-electron chi connectivity index (χ4n) is 3.25. The standard InChI is InChI=1S/C22H24FN3O3/c1-2-3-12-24-22(29)18-6-4-5-7-19(18)25-21(28)15-13-20(27)26(14-15)17-10-8-16(23)9-11-17/h4-11,15H,2-3,12-14H2,1H3,(H,24,29)(H,25,28)/t15-/m1/s1. The summed E-state index contributed by atoms with van der Waals surface area (Å²) >= 11 is 0. The highest BCUT2D eigenvalue weighted by molar-refractivity contribution is 6.07. The first kappa shape index (κ1) is 20.5. The number of carbonyl (C=O) groups is 3. The first-order valence-corrected chi connectivity index (χ1v) is 9.73. The van der Waals surface area contributed by atoms with E-state index in [9.17, 15) is 18.8 Å². The highest BCUT2D eigenvalue weighted by Gasteiger charge is 2.35. The molecule has 1 saturated heterocycles. The topological polar surface area (TPSA) is 78.5 Å². The molecular weight excluding hydrogens is 373 g/mol. The summed E-state index contributed by atoms with van der Waals surface area (Å²) in [5.74, 6) is -1.70. The van der Waals surface area contributed by atoms with E-state index in [1.165, 1.54) is 29.2 Å². The summed E-state index contributed by atoms with van der Waals surface area (Å²) in [6.45, 7) is 2.82. The Morgan fingerprint density at radius 1 is 1.14 bits per heavy atom. The number of amides is 3. The van der Waals surface area contributed by atoms with Crippen molar-refractivity contribution in [3.63, 3.8) is 0 Å². The fourth-order valence-corrected chi connectivity index (χ4v) is 3.25. The summed E-state index contributed by atoms with van der Waals surface area (Å²) in [6.07, 6.45) is 1.91. The number of benzene rings is 2. The summed E-state index contributed by atoms with van der Waals surface area (Å²) < 4.78 is 13.1. The monoisotopic (exact) mass is 397 g/mol. The number of hydrogen-bond acceptors (Lipinski definition) is 3. The van der Waals surface area contributed by atoms with Crippen LogP contribution < -0.4 is 15.5 Å². The summed E-state index contributed by atoms with van der Waals surface area (Å²) in [6, 6.07) is 12.4. The van der Waals surface area contributed by atoms with Crippen LogP contribution in [0.2, 0.25) is 0 Å². The zero-order chi connectivity index (χ0) is 20.8. The van der Waals surface area contributed by atoms with E-state index in [0.29, 0.717) is 23.5 Å². The maximum absolute atomic E-state index is 13.1. The predicted molar refractivity (Wildman–Crippen MR) is 109 cm³/mol. The van der Waals surface area contributed by atoms with Crippen LogP contribution in [0.1, 0.15) is 36.5 Å². The van der Waals surface area contributed by atoms with Crippen molar-refractivity contribution in [1.29, 1.82) is 0 Å². The second kappa shape index (κ2) is 9.32. The zero-order valence-corrected chi connectivity index (χ0v) is 16.3. The lowest BCUT2D eigenvalue weighted by Gasteiger charge is -2.17. The highest BCUT2D eigenvalue weighted by atomic mass is 19.1. The normalized spacial score (nSPS) is 16.0. The van der Waals surface area contributed by atoms with Crippen LogP contribution in [0.5, 0.6) is 0 Å². The maximum Gasteiger partial charge on any atom is 0.253 e. The molecule has 0 aliphatic carbocycles. The van der Waals surface area contributed by atoms with Crippen molar-refractivity contribution in [2.75, 3.05) is 23.3 Å². The highest BCUT2D eigenvalue weighted by Crippen LogP contribution is 2.26. The lowest BCUT2D eigenvalue weighted by atomic mass is 10.1. The Morgan fingerprint density at radius 2 is 1.86 bits per heavy atom. The molecular formula is C22H24FN3O3. The molecule has 0 bridgehead atoms. The predicted octanol–water partition coefficient (Wildman–Crippen LogP) is 3.35. The van der Waals surface area contributed by atoms with Gasteiger partial charge in [0.15, 0.2) is 0 Å². The molecule has 3 amide bonds. The van der Waals surface area contributed by atoms with Crippen LogP contribution in [0.15, 0.2) is 48.5 Å². The summed E-state index contributed by atoms with van der Waals surface area (Å²) in [5.41, 5.74) is 1.36. The molecule has 0 saturated carbocycles. The van der Waals surface area contributed by atoms with Gasteiger partial charge in [0.25, 0.3) is 5.91 Å². The first-order valence-electron chi connectivity index (χ1n) is 9.73. The van der Waals surface area contributed by atoms with E-state index in [2.05, 4.69) is 10.6 Å². The number of carbonyl (C=O) groups excluding carboxylic acids is 3. The Balaban J connectivity index is 1.67. The number of rotatable bonds is 7. The van der Waals surface area contributed by atoms with Crippen molar-refractivity contribution in [2.45, 2.75) is 26.2 Å².